The number of nitrogens with one attached hydrogen (secondary N) is 1. The van der Waals surface area contributed by atoms with Gasteiger partial charge < -0.3 is 15.2 Å². The summed E-state index contributed by atoms with van der Waals surface area (Å²) in [6, 6.07) is 0. The zero-order valence-electron chi connectivity index (χ0n) is 10.3. The Morgan fingerprint density at radius 1 is 1.44 bits per heavy atom. The third kappa shape index (κ3) is 3.41. The van der Waals surface area contributed by atoms with Crippen molar-refractivity contribution in [2.24, 2.45) is 5.92 Å². The molecule has 18 heavy (non-hydrogen) atoms. The Hall–Kier alpha value is -1.66. The van der Waals surface area contributed by atoms with Crippen molar-refractivity contribution in [3.8, 4) is 0 Å². The summed E-state index contributed by atoms with van der Waals surface area (Å²) in [6.45, 7) is 4.85. The number of amides is 1. The second-order valence-corrected chi connectivity index (χ2v) is 5.17. The summed E-state index contributed by atoms with van der Waals surface area (Å²) >= 11 is 0. The molecule has 0 unspecified atom stereocenters. The van der Waals surface area contributed by atoms with Crippen molar-refractivity contribution in [2.75, 3.05) is 0 Å². The minimum Gasteiger partial charge on any atom is -0.479 e. The van der Waals surface area contributed by atoms with E-state index in [1.807, 2.05) is 0 Å². The highest BCUT2D eigenvalue weighted by atomic mass is 19.3. The van der Waals surface area contributed by atoms with E-state index in [1.54, 1.807) is 20.8 Å². The van der Waals surface area contributed by atoms with E-state index in [2.05, 4.69) is 5.32 Å². The molecule has 0 heterocycles. The molecule has 7 heteroatoms. The molecule has 1 saturated carbocycles. The van der Waals surface area contributed by atoms with Gasteiger partial charge in [-0.25, -0.2) is 9.59 Å². The molecule has 0 aromatic heterocycles. The van der Waals surface area contributed by atoms with Gasteiger partial charge in [0.05, 0.1) is 0 Å². The highest BCUT2D eigenvalue weighted by molar-refractivity contribution is 5.88. The van der Waals surface area contributed by atoms with Gasteiger partial charge in [-0.1, -0.05) is 0 Å². The summed E-state index contributed by atoms with van der Waals surface area (Å²) in [5.41, 5.74) is -2.46. The Morgan fingerprint density at radius 2 is 2.00 bits per heavy atom. The molecule has 5 nitrogen and oxygen atoms in total. The summed E-state index contributed by atoms with van der Waals surface area (Å²) in [5, 5.41) is 11.1. The van der Waals surface area contributed by atoms with Gasteiger partial charge in [0.15, 0.2) is 0 Å². The van der Waals surface area contributed by atoms with Crippen molar-refractivity contribution in [2.45, 2.75) is 38.3 Å². The fourth-order valence-electron chi connectivity index (χ4n) is 1.57. The number of hydrogen-bond donors (Lipinski definition) is 2. The molecule has 2 N–H and O–H groups in total. The predicted octanol–water partition coefficient (Wildman–Crippen LogP) is 2.13. The van der Waals surface area contributed by atoms with Crippen molar-refractivity contribution in [1.82, 2.24) is 5.32 Å². The van der Waals surface area contributed by atoms with E-state index >= 15 is 0 Å². The molecule has 1 aliphatic carbocycles. The standard InChI is InChI=1S/C11H15F2NO4/c1-10(2,3)18-9(17)14-11(8(15)16)5-6(11)4-7(12)13/h4,6H,5H2,1-3H3,(H,14,17)(H,15,16)/t6-,11-/m1/s1. The van der Waals surface area contributed by atoms with Crippen LogP contribution in [0.25, 0.3) is 0 Å². The van der Waals surface area contributed by atoms with Crippen LogP contribution in [-0.4, -0.2) is 28.3 Å². The molecule has 1 rings (SSSR count). The molecule has 102 valence electrons. The van der Waals surface area contributed by atoms with E-state index in [4.69, 9.17) is 9.84 Å². The van der Waals surface area contributed by atoms with E-state index in [0.717, 1.165) is 0 Å². The first-order valence-corrected chi connectivity index (χ1v) is 5.34. The number of carbonyl (C=O) groups is 2. The van der Waals surface area contributed by atoms with Crippen LogP contribution >= 0.6 is 0 Å². The number of carboxylic acid groups (broad SMARTS) is 1. The van der Waals surface area contributed by atoms with Gasteiger partial charge in [-0.2, -0.15) is 8.78 Å². The van der Waals surface area contributed by atoms with Gasteiger partial charge in [0, 0.05) is 5.92 Å². The number of carboxylic acids is 1. The smallest absolute Gasteiger partial charge is 0.408 e. The Bertz CT molecular complexity index is 398. The van der Waals surface area contributed by atoms with Crippen LogP contribution in [0.5, 0.6) is 0 Å². The van der Waals surface area contributed by atoms with Crippen LogP contribution in [0.2, 0.25) is 0 Å². The van der Waals surface area contributed by atoms with E-state index in [0.29, 0.717) is 6.08 Å². The van der Waals surface area contributed by atoms with Crippen LogP contribution < -0.4 is 5.32 Å². The lowest BCUT2D eigenvalue weighted by Crippen LogP contribution is -2.46. The van der Waals surface area contributed by atoms with Gasteiger partial charge in [-0.3, -0.25) is 0 Å². The van der Waals surface area contributed by atoms with Crippen molar-refractivity contribution in [1.29, 1.82) is 0 Å². The highest BCUT2D eigenvalue weighted by Crippen LogP contribution is 2.45. The van der Waals surface area contributed by atoms with Crippen LogP contribution in [0.15, 0.2) is 12.2 Å². The minimum absolute atomic E-state index is 0.0705. The predicted molar refractivity (Wildman–Crippen MR) is 58.1 cm³/mol. The summed E-state index contributed by atoms with van der Waals surface area (Å²) in [5.74, 6) is -2.26. The van der Waals surface area contributed by atoms with Gasteiger partial charge in [-0.15, -0.1) is 0 Å². The summed E-state index contributed by atoms with van der Waals surface area (Å²) in [4.78, 5) is 22.5. The first kappa shape index (κ1) is 14.4. The van der Waals surface area contributed by atoms with Gasteiger partial charge in [0.2, 0.25) is 0 Å². The third-order valence-electron chi connectivity index (χ3n) is 2.45. The maximum atomic E-state index is 12.1. The topological polar surface area (TPSA) is 75.6 Å². The zero-order valence-corrected chi connectivity index (χ0v) is 10.3. The molecule has 0 saturated heterocycles. The molecular formula is C11H15F2NO4. The lowest BCUT2D eigenvalue weighted by molar-refractivity contribution is -0.141. The van der Waals surface area contributed by atoms with Crippen molar-refractivity contribution in [3.63, 3.8) is 0 Å². The average Bonchev–Trinajstić information content (AvgIpc) is 2.74. The second-order valence-electron chi connectivity index (χ2n) is 5.17. The number of ether oxygens (including phenoxy) is 1. The molecule has 0 bridgehead atoms. The van der Waals surface area contributed by atoms with Crippen LogP contribution in [0, 0.1) is 5.92 Å². The summed E-state index contributed by atoms with van der Waals surface area (Å²) in [7, 11) is 0. The largest absolute Gasteiger partial charge is 0.479 e. The van der Waals surface area contributed by atoms with Crippen molar-refractivity contribution in [3.05, 3.63) is 12.2 Å². The quantitative estimate of drug-likeness (QED) is 0.817. The van der Waals surface area contributed by atoms with Gasteiger partial charge >= 0.3 is 12.1 Å². The van der Waals surface area contributed by atoms with Gasteiger partial charge in [-0.05, 0) is 33.3 Å². The lowest BCUT2D eigenvalue weighted by atomic mass is 10.2. The first-order chi connectivity index (χ1) is 8.07. The Kier molecular flexibility index (Phi) is 3.64. The van der Waals surface area contributed by atoms with Gasteiger partial charge in [0.1, 0.15) is 11.1 Å². The molecular weight excluding hydrogens is 248 g/mol. The summed E-state index contributed by atoms with van der Waals surface area (Å²) in [6.07, 6.45) is -2.43. The molecule has 0 radical (unpaired) electrons. The van der Waals surface area contributed by atoms with Crippen LogP contribution in [0.3, 0.4) is 0 Å². The Labute approximate surface area is 103 Å². The molecule has 1 amide bonds. The molecule has 0 spiro atoms. The number of hydrogen-bond acceptors (Lipinski definition) is 3. The minimum atomic E-state index is -1.96. The maximum Gasteiger partial charge on any atom is 0.408 e. The summed E-state index contributed by atoms with van der Waals surface area (Å²) < 4.78 is 29.0. The fourth-order valence-corrected chi connectivity index (χ4v) is 1.57. The van der Waals surface area contributed by atoms with Crippen molar-refractivity contribution >= 4 is 12.1 Å². The Morgan fingerprint density at radius 3 is 2.39 bits per heavy atom. The van der Waals surface area contributed by atoms with Crippen molar-refractivity contribution < 1.29 is 28.2 Å². The van der Waals surface area contributed by atoms with Crippen LogP contribution in [0.1, 0.15) is 27.2 Å². The molecule has 2 atom stereocenters. The lowest BCUT2D eigenvalue weighted by Gasteiger charge is -2.22. The SMILES string of the molecule is CC(C)(C)OC(=O)N[C@]1(C(=O)O)C[C@H]1C=C(F)F. The number of carbonyl (C=O) groups excluding carboxylic acids is 1. The van der Waals surface area contributed by atoms with Crippen LogP contribution in [-0.2, 0) is 9.53 Å². The monoisotopic (exact) mass is 263 g/mol. The Balaban J connectivity index is 2.71. The number of halogens is 2. The normalized spacial score (nSPS) is 26.2. The number of alkyl carbamates (subject to hydrolysis) is 1. The average molecular weight is 263 g/mol. The van der Waals surface area contributed by atoms with E-state index in [-0.39, 0.29) is 6.42 Å². The number of aliphatic carboxylic acids is 1. The maximum absolute atomic E-state index is 12.1. The van der Waals surface area contributed by atoms with E-state index in [9.17, 15) is 18.4 Å². The van der Waals surface area contributed by atoms with E-state index in [1.165, 1.54) is 0 Å². The molecule has 0 aromatic rings. The highest BCUT2D eigenvalue weighted by Gasteiger charge is 2.61. The zero-order chi connectivity index (χ0) is 14.1. The molecule has 0 aromatic carbocycles. The van der Waals surface area contributed by atoms with Crippen LogP contribution in [0.4, 0.5) is 13.6 Å². The molecule has 1 fully saturated rings. The second kappa shape index (κ2) is 4.55. The first-order valence-electron chi connectivity index (χ1n) is 5.34. The molecule has 0 aliphatic heterocycles. The number of rotatable bonds is 3. The third-order valence-corrected chi connectivity index (χ3v) is 2.45. The fraction of sp³-hybridized carbons (Fsp3) is 0.636. The van der Waals surface area contributed by atoms with Gasteiger partial charge in [0.25, 0.3) is 6.08 Å². The molecule has 1 aliphatic rings. The van der Waals surface area contributed by atoms with E-state index < -0.39 is 35.2 Å².